The zero-order valence-electron chi connectivity index (χ0n) is 41.8. The Kier molecular flexibility index (Phi) is 24.4. The Morgan fingerprint density at radius 3 is 1.89 bits per heavy atom. The maximum absolute atomic E-state index is 13.9. The number of hydrogen-bond acceptors (Lipinski definition) is 23. The van der Waals surface area contributed by atoms with Gasteiger partial charge in [0.1, 0.15) is 30.7 Å². The number of methoxy groups -OCH3 is 1. The van der Waals surface area contributed by atoms with Crippen LogP contribution in [0.25, 0.3) is 0 Å². The number of carbonyl (C=O) groups is 9. The molecule has 11 atom stereocenters. The summed E-state index contributed by atoms with van der Waals surface area (Å²) in [6.45, 7) is 16.7. The number of esters is 7. The number of nitrogens with zero attached hydrogens (tertiary/aromatic N) is 3. The Labute approximate surface area is 409 Å². The largest absolute Gasteiger partial charge is 0.467 e. The molecule has 2 aliphatic rings. The molecule has 0 radical (unpaired) electrons. The predicted octanol–water partition coefficient (Wildman–Crippen LogP) is 0.466. The molecule has 71 heavy (non-hydrogen) atoms. The van der Waals surface area contributed by atoms with Gasteiger partial charge in [-0.15, -0.1) is 0 Å². The molecule has 2 fully saturated rings. The van der Waals surface area contributed by atoms with Crippen LogP contribution in [0.2, 0.25) is 0 Å². The van der Waals surface area contributed by atoms with Crippen molar-refractivity contribution in [1.82, 2.24) is 19.8 Å². The van der Waals surface area contributed by atoms with Crippen molar-refractivity contribution >= 4 is 67.0 Å². The van der Waals surface area contributed by atoms with E-state index in [1.165, 1.54) is 32.6 Å². The van der Waals surface area contributed by atoms with Gasteiger partial charge in [-0.25, -0.2) is 9.59 Å². The van der Waals surface area contributed by atoms with E-state index in [1.807, 2.05) is 0 Å². The van der Waals surface area contributed by atoms with Crippen molar-refractivity contribution in [3.8, 4) is 0 Å². The van der Waals surface area contributed by atoms with E-state index in [4.69, 9.17) is 47.2 Å². The van der Waals surface area contributed by atoms with Crippen LogP contribution < -0.4 is 16.3 Å². The highest BCUT2D eigenvalue weighted by Crippen LogP contribution is 2.48. The maximum atomic E-state index is 13.9. The third-order valence-electron chi connectivity index (χ3n) is 10.5. The van der Waals surface area contributed by atoms with E-state index in [-0.39, 0.29) is 5.82 Å². The highest BCUT2D eigenvalue weighted by atomic mass is 31.2. The lowest BCUT2D eigenvalue weighted by Gasteiger charge is -2.49. The maximum Gasteiger partial charge on any atom is 0.351 e. The van der Waals surface area contributed by atoms with Crippen LogP contribution in [0, 0.1) is 0 Å². The third-order valence-corrected chi connectivity index (χ3v) is 11.9. The van der Waals surface area contributed by atoms with Crippen molar-refractivity contribution in [2.24, 2.45) is 0 Å². The van der Waals surface area contributed by atoms with Crippen LogP contribution in [-0.4, -0.2) is 173 Å². The summed E-state index contributed by atoms with van der Waals surface area (Å²) in [6.07, 6.45) is -14.5. The molecular weight excluding hydrogens is 969 g/mol. The molecule has 1 aromatic rings. The Morgan fingerprint density at radius 2 is 1.42 bits per heavy atom. The van der Waals surface area contributed by atoms with Crippen LogP contribution in [0.3, 0.4) is 0 Å². The molecule has 3 heterocycles. The highest BCUT2D eigenvalue weighted by Gasteiger charge is 2.59. The third kappa shape index (κ3) is 19.3. The summed E-state index contributed by atoms with van der Waals surface area (Å²) >= 11 is 0. The fourth-order valence-electron chi connectivity index (χ4n) is 7.61. The molecule has 0 aromatic carbocycles. The first-order valence-electron chi connectivity index (χ1n) is 22.4. The minimum atomic E-state index is -4.97. The summed E-state index contributed by atoms with van der Waals surface area (Å²) in [6, 6.07) is -0.287. The highest BCUT2D eigenvalue weighted by molar-refractivity contribution is 7.52. The smallest absolute Gasteiger partial charge is 0.351 e. The zero-order valence-corrected chi connectivity index (χ0v) is 42.7. The molecule has 2 aliphatic heterocycles. The first kappa shape index (κ1) is 61.3. The summed E-state index contributed by atoms with van der Waals surface area (Å²) in [7, 11) is -4.04. The lowest BCUT2D eigenvalue weighted by Crippen LogP contribution is -2.68. The normalized spacial score (nSPS) is 24.2. The van der Waals surface area contributed by atoms with Crippen LogP contribution in [0.1, 0.15) is 95.2 Å². The summed E-state index contributed by atoms with van der Waals surface area (Å²) in [4.78, 5) is 142. The topological polar surface area (TPSA) is 345 Å². The SMILES string of the molecule is CCN(CC)CC.COC(=O)[C@]1(CCP(=O)(O)OC[C@H]2O[C@@H](n3ccc(NC(C)=O)nc3=O)[C@H](OC(C)=O)[C@@H]2OC(C)=O)C[C@H](OC(C)=O)[C@@H](NC(C)=O)[C@H]([C@H](OC(C)=O)[C@@H](COC(C)=O)OC(C)=O)O1. The fourth-order valence-corrected chi connectivity index (χ4v) is 8.76. The van der Waals surface area contributed by atoms with Crippen molar-refractivity contribution in [3.05, 3.63) is 22.7 Å². The molecule has 0 aliphatic carbocycles. The Hall–Kier alpha value is -5.86. The van der Waals surface area contributed by atoms with Gasteiger partial charge >= 0.3 is 55.1 Å². The lowest BCUT2D eigenvalue weighted by atomic mass is 9.81. The standard InChI is InChI=1S/C37H51N4O22P.C6H15N/c1-17(42)38-28-10-12-41(36(51)40-28)34-33(61-24(8)49)31(60-23(7)48)27(62-34)16-56-64(52,53)13-11-37(35(50)54-9)14-25(57-20(4)45)29(39-18(2)43)32(63-37)30(59-22(6)47)26(58-21(5)46)15-55-19(3)44;1-4-7(5-2)6-3/h10,12,25-27,29-34H,11,13-16H2,1-9H3,(H,39,43)(H,52,53)(H,38,40,42,51);4-6H2,1-3H3/t25-,26+,27+,29+,30+,31+,32+,33+,34+,37-;/m0./s1. The first-order chi connectivity index (χ1) is 33.1. The van der Waals surface area contributed by atoms with Gasteiger partial charge < -0.3 is 67.6 Å². The minimum absolute atomic E-state index is 0.135. The van der Waals surface area contributed by atoms with Crippen LogP contribution in [0.15, 0.2) is 17.1 Å². The number of nitrogens with one attached hydrogen (secondary N) is 2. The minimum Gasteiger partial charge on any atom is -0.467 e. The molecule has 0 bridgehead atoms. The van der Waals surface area contributed by atoms with Gasteiger partial charge in [0.15, 0.2) is 36.2 Å². The number of hydrogen-bond donors (Lipinski definition) is 3. The molecule has 1 aromatic heterocycles. The van der Waals surface area contributed by atoms with Gasteiger partial charge in [-0.05, 0) is 32.1 Å². The Balaban J connectivity index is 0.00000229. The molecule has 2 saturated heterocycles. The van der Waals surface area contributed by atoms with Crippen LogP contribution in [0.4, 0.5) is 5.82 Å². The number of aromatic nitrogens is 2. The van der Waals surface area contributed by atoms with Crippen LogP contribution in [-0.2, 0) is 94.9 Å². The van der Waals surface area contributed by atoms with Crippen molar-refractivity contribution < 1.29 is 99.8 Å². The van der Waals surface area contributed by atoms with E-state index in [0.29, 0.717) is 0 Å². The average Bonchev–Trinajstić information content (AvgIpc) is 3.57. The van der Waals surface area contributed by atoms with Gasteiger partial charge in [-0.1, -0.05) is 20.8 Å². The van der Waals surface area contributed by atoms with Gasteiger partial charge in [0.25, 0.3) is 0 Å². The van der Waals surface area contributed by atoms with E-state index >= 15 is 0 Å². The summed E-state index contributed by atoms with van der Waals surface area (Å²) < 4.78 is 69.5. The van der Waals surface area contributed by atoms with E-state index in [9.17, 15) is 57.4 Å². The molecule has 0 spiro atoms. The van der Waals surface area contributed by atoms with E-state index in [1.54, 1.807) is 0 Å². The molecule has 400 valence electrons. The second-order valence-corrected chi connectivity index (χ2v) is 18.1. The van der Waals surface area contributed by atoms with Crippen molar-refractivity contribution in [3.63, 3.8) is 0 Å². The van der Waals surface area contributed by atoms with E-state index < -0.39 is 160 Å². The predicted molar refractivity (Wildman–Crippen MR) is 242 cm³/mol. The second-order valence-electron chi connectivity index (χ2n) is 16.1. The molecule has 3 rings (SSSR count). The Bertz CT molecular complexity index is 2160. The van der Waals surface area contributed by atoms with Crippen LogP contribution in [0.5, 0.6) is 0 Å². The van der Waals surface area contributed by atoms with Crippen LogP contribution >= 0.6 is 7.60 Å². The summed E-state index contributed by atoms with van der Waals surface area (Å²) in [5.74, 6) is -8.27. The molecule has 3 N–H and O–H groups in total. The Morgan fingerprint density at radius 1 is 0.845 bits per heavy atom. The first-order valence-corrected chi connectivity index (χ1v) is 24.1. The number of carbonyl (C=O) groups excluding carboxylic acids is 9. The lowest BCUT2D eigenvalue weighted by molar-refractivity contribution is -0.242. The second kappa shape index (κ2) is 28.2. The van der Waals surface area contributed by atoms with Crippen molar-refractivity contribution in [2.75, 3.05) is 51.4 Å². The monoisotopic (exact) mass is 1040 g/mol. The van der Waals surface area contributed by atoms with Crippen molar-refractivity contribution in [2.45, 2.75) is 150 Å². The quantitative estimate of drug-likeness (QED) is 0.0807. The molecule has 27 nitrogen and oxygen atoms in total. The molecule has 28 heteroatoms. The number of anilines is 1. The van der Waals surface area contributed by atoms with E-state index in [2.05, 4.69) is 41.3 Å². The van der Waals surface area contributed by atoms with Crippen molar-refractivity contribution in [1.29, 1.82) is 0 Å². The fraction of sp³-hybridized carbons (Fsp3) is 0.698. The zero-order chi connectivity index (χ0) is 54.0. The average molecular weight is 1040 g/mol. The van der Waals surface area contributed by atoms with Gasteiger partial charge in [0.2, 0.25) is 11.8 Å². The van der Waals surface area contributed by atoms with Gasteiger partial charge in [-0.3, -0.25) is 47.5 Å². The number of amides is 2. The van der Waals surface area contributed by atoms with Gasteiger partial charge in [-0.2, -0.15) is 4.98 Å². The molecular formula is C43H66N5O22P. The van der Waals surface area contributed by atoms with Gasteiger partial charge in [0.05, 0.1) is 25.9 Å². The van der Waals surface area contributed by atoms with E-state index in [0.717, 1.165) is 66.3 Å². The number of ether oxygens (including phenoxy) is 9. The molecule has 1 unspecified atom stereocenters. The number of rotatable bonds is 22. The summed E-state index contributed by atoms with van der Waals surface area (Å²) in [5.41, 5.74) is -3.43. The van der Waals surface area contributed by atoms with Gasteiger partial charge in [0, 0.05) is 68.0 Å². The molecule has 0 saturated carbocycles. The summed E-state index contributed by atoms with van der Waals surface area (Å²) in [5, 5.41) is 4.83. The molecule has 2 amide bonds.